The molecule has 0 saturated carbocycles. The van der Waals surface area contributed by atoms with Crippen LogP contribution in [0, 0.1) is 12.1 Å². The summed E-state index contributed by atoms with van der Waals surface area (Å²) < 4.78 is 20.0. The first kappa shape index (κ1) is 5.51. The van der Waals surface area contributed by atoms with E-state index in [9.17, 15) is 8.60 Å². The maximum absolute atomic E-state index is 10.7. The van der Waals surface area contributed by atoms with Crippen molar-refractivity contribution in [3.63, 3.8) is 0 Å². The molecule has 0 N–H and O–H groups in total. The van der Waals surface area contributed by atoms with Crippen LogP contribution in [0.1, 0.15) is 0 Å². The van der Waals surface area contributed by atoms with Gasteiger partial charge in [0, 0.05) is 10.1 Å². The van der Waals surface area contributed by atoms with Gasteiger partial charge in [-0.15, -0.1) is 4.39 Å². The SMILES string of the molecule is O=[S+]CC#CF. The van der Waals surface area contributed by atoms with Gasteiger partial charge in [0.15, 0.2) is 0 Å². The zero-order valence-corrected chi connectivity index (χ0v) is 3.72. The summed E-state index contributed by atoms with van der Waals surface area (Å²) >= 11 is 0.263. The van der Waals surface area contributed by atoms with Gasteiger partial charge in [-0.25, -0.2) is 0 Å². The van der Waals surface area contributed by atoms with Crippen LogP contribution < -0.4 is 0 Å². The Morgan fingerprint density at radius 1 is 1.83 bits per heavy atom. The minimum atomic E-state index is 0.0382. The molecule has 0 aromatic carbocycles. The second-order valence-corrected chi connectivity index (χ2v) is 1.06. The fourth-order valence-electron chi connectivity index (χ4n) is 0.0567. The predicted molar refractivity (Wildman–Crippen MR) is 21.8 cm³/mol. The lowest BCUT2D eigenvalue weighted by atomic mass is 10.8. The van der Waals surface area contributed by atoms with Crippen LogP contribution >= 0.6 is 0 Å². The van der Waals surface area contributed by atoms with Crippen LogP contribution in [0.5, 0.6) is 0 Å². The van der Waals surface area contributed by atoms with Crippen LogP contribution in [0.3, 0.4) is 0 Å². The quantitative estimate of drug-likeness (QED) is 0.347. The molecule has 1 nitrogen and oxygen atoms in total. The Kier molecular flexibility index (Phi) is 4.14. The van der Waals surface area contributed by atoms with Gasteiger partial charge < -0.3 is 0 Å². The van der Waals surface area contributed by atoms with E-state index in [1.54, 1.807) is 0 Å². The summed E-state index contributed by atoms with van der Waals surface area (Å²) in [6, 6.07) is 0. The fraction of sp³-hybridized carbons (Fsp3) is 0.333. The molecule has 0 aromatic heterocycles. The molecule has 0 radical (unpaired) electrons. The average Bonchev–Trinajstić information content (AvgIpc) is 1.61. The Morgan fingerprint density at radius 2 is 2.50 bits per heavy atom. The minimum absolute atomic E-state index is 0.0382. The van der Waals surface area contributed by atoms with E-state index in [0.29, 0.717) is 0 Å². The van der Waals surface area contributed by atoms with Gasteiger partial charge in [-0.3, -0.25) is 0 Å². The second kappa shape index (κ2) is 4.51. The molecule has 6 heavy (non-hydrogen) atoms. The average molecular weight is 105 g/mol. The van der Waals surface area contributed by atoms with E-state index in [1.165, 1.54) is 0 Å². The van der Waals surface area contributed by atoms with E-state index in [4.69, 9.17) is 0 Å². The van der Waals surface area contributed by atoms with E-state index in [1.807, 2.05) is 5.92 Å². The van der Waals surface area contributed by atoms with Crippen molar-refractivity contribution in [2.45, 2.75) is 0 Å². The number of rotatable bonds is 1. The topological polar surface area (TPSA) is 17.1 Å². The summed E-state index contributed by atoms with van der Waals surface area (Å²) in [6.45, 7) is 0. The molecule has 0 aromatic rings. The van der Waals surface area contributed by atoms with Gasteiger partial charge in [-0.1, -0.05) is 0 Å². The molecule has 0 fully saturated rings. The highest BCUT2D eigenvalue weighted by molar-refractivity contribution is 7.65. The van der Waals surface area contributed by atoms with Gasteiger partial charge in [0.2, 0.25) is 0 Å². The molecule has 0 unspecified atom stereocenters. The molecule has 3 heteroatoms. The second-order valence-electron chi connectivity index (χ2n) is 0.533. The summed E-state index contributed by atoms with van der Waals surface area (Å²) in [5.41, 5.74) is 0. The first-order chi connectivity index (χ1) is 2.91. The van der Waals surface area contributed by atoms with Crippen molar-refractivity contribution >= 4 is 11.7 Å². The molecule has 0 saturated heterocycles. The van der Waals surface area contributed by atoms with Gasteiger partial charge in [0.1, 0.15) is 6.17 Å². The number of hydrogen-bond donors (Lipinski definition) is 0. The Morgan fingerprint density at radius 3 is 2.67 bits per heavy atom. The molecule has 0 aliphatic carbocycles. The Balaban J connectivity index is 3.00. The van der Waals surface area contributed by atoms with Crippen molar-refractivity contribution in [1.29, 1.82) is 0 Å². The highest BCUT2D eigenvalue weighted by Gasteiger charge is 1.84. The molecule has 0 amide bonds. The Labute approximate surface area is 39.0 Å². The smallest absolute Gasteiger partial charge is 0.144 e. The van der Waals surface area contributed by atoms with Gasteiger partial charge in [0.25, 0.3) is 5.75 Å². The third-order valence-electron chi connectivity index (χ3n) is 0.198. The van der Waals surface area contributed by atoms with E-state index >= 15 is 0 Å². The van der Waals surface area contributed by atoms with Crippen LogP contribution in [0.4, 0.5) is 4.39 Å². The van der Waals surface area contributed by atoms with Crippen LogP contribution in [-0.4, -0.2) is 5.75 Å². The van der Waals surface area contributed by atoms with Crippen LogP contribution in [-0.2, 0) is 15.9 Å². The summed E-state index contributed by atoms with van der Waals surface area (Å²) in [7, 11) is 0. The fourth-order valence-corrected chi connectivity index (χ4v) is 0.170. The number of hydrogen-bond acceptors (Lipinski definition) is 1. The summed E-state index contributed by atoms with van der Waals surface area (Å²) in [5, 5.41) is 0. The Bertz CT molecular complexity index is 90.7. The van der Waals surface area contributed by atoms with Crippen LogP contribution in [0.15, 0.2) is 0 Å². The molecule has 0 aliphatic heterocycles. The van der Waals surface area contributed by atoms with Crippen molar-refractivity contribution in [2.24, 2.45) is 0 Å². The highest BCUT2D eigenvalue weighted by atomic mass is 32.1. The van der Waals surface area contributed by atoms with E-state index in [0.717, 1.165) is 6.17 Å². The summed E-state index contributed by atoms with van der Waals surface area (Å²) in [5.74, 6) is 1.97. The van der Waals surface area contributed by atoms with Gasteiger partial charge in [0.05, 0.1) is 0 Å². The van der Waals surface area contributed by atoms with E-state index in [-0.39, 0.29) is 17.4 Å². The standard InChI is InChI=1S/C3H2FOS/c4-2-1-3-6-5/h3H2/q+1. The molecule has 0 bridgehead atoms. The lowest BCUT2D eigenvalue weighted by Crippen LogP contribution is -1.67. The first-order valence-electron chi connectivity index (χ1n) is 1.25. The van der Waals surface area contributed by atoms with Crippen LogP contribution in [0.2, 0.25) is 0 Å². The maximum atomic E-state index is 10.7. The molecule has 0 rings (SSSR count). The van der Waals surface area contributed by atoms with Gasteiger partial charge >= 0.3 is 11.7 Å². The largest absolute Gasteiger partial charge is 0.472 e. The third kappa shape index (κ3) is 3.51. The van der Waals surface area contributed by atoms with Crippen LogP contribution in [0.25, 0.3) is 0 Å². The Hall–Kier alpha value is -0.490. The van der Waals surface area contributed by atoms with Crippen molar-refractivity contribution in [1.82, 2.24) is 0 Å². The lowest BCUT2D eigenvalue weighted by Gasteiger charge is -1.41. The summed E-state index contributed by atoms with van der Waals surface area (Å²) in [4.78, 5) is 0. The van der Waals surface area contributed by atoms with E-state index in [2.05, 4.69) is 0 Å². The molecule has 32 valence electrons. The zero-order chi connectivity index (χ0) is 4.83. The van der Waals surface area contributed by atoms with Crippen molar-refractivity contribution < 1.29 is 8.60 Å². The molecular weight excluding hydrogens is 103 g/mol. The predicted octanol–water partition coefficient (Wildman–Crippen LogP) is 0.345. The van der Waals surface area contributed by atoms with Crippen molar-refractivity contribution in [3.8, 4) is 12.1 Å². The molecule has 0 aliphatic rings. The highest BCUT2D eigenvalue weighted by Crippen LogP contribution is 1.55. The number of halogens is 1. The summed E-state index contributed by atoms with van der Waals surface area (Å²) in [6.07, 6.45) is 1.10. The normalized spacial score (nSPS) is 5.50. The zero-order valence-electron chi connectivity index (χ0n) is 2.90. The molecule has 0 spiro atoms. The van der Waals surface area contributed by atoms with Crippen molar-refractivity contribution in [3.05, 3.63) is 0 Å². The molecule has 0 heterocycles. The lowest BCUT2D eigenvalue weighted by molar-refractivity contribution is 0.606. The third-order valence-corrected chi connectivity index (χ3v) is 0.460. The first-order valence-corrected chi connectivity index (χ1v) is 2.16. The van der Waals surface area contributed by atoms with Gasteiger partial charge in [-0.05, 0) is 0 Å². The minimum Gasteiger partial charge on any atom is -0.144 e. The maximum Gasteiger partial charge on any atom is 0.472 e. The molecule has 0 atom stereocenters. The monoisotopic (exact) mass is 105 g/mol. The molecular formula is C3H2FOS+. The van der Waals surface area contributed by atoms with Gasteiger partial charge in [-0.2, -0.15) is 0 Å². The van der Waals surface area contributed by atoms with Crippen molar-refractivity contribution in [2.75, 3.05) is 5.75 Å². The van der Waals surface area contributed by atoms with E-state index < -0.39 is 0 Å².